The fraction of sp³-hybridized carbons (Fsp3) is 0.842. The second kappa shape index (κ2) is 7.81. The van der Waals surface area contributed by atoms with E-state index in [0.29, 0.717) is 19.1 Å². The molecule has 0 aromatic carbocycles. The van der Waals surface area contributed by atoms with Crippen LogP contribution in [0.2, 0.25) is 0 Å². The van der Waals surface area contributed by atoms with Gasteiger partial charge in [-0.2, -0.15) is 4.31 Å². The number of nitrogens with zero attached hydrogens (tertiary/aromatic N) is 5. The van der Waals surface area contributed by atoms with Crippen molar-refractivity contribution in [3.8, 4) is 0 Å². The van der Waals surface area contributed by atoms with E-state index >= 15 is 0 Å². The van der Waals surface area contributed by atoms with Crippen molar-refractivity contribution >= 4 is 10.0 Å². The van der Waals surface area contributed by atoms with Crippen molar-refractivity contribution in [1.82, 2.24) is 23.7 Å². The van der Waals surface area contributed by atoms with Crippen molar-refractivity contribution in [1.29, 1.82) is 0 Å². The van der Waals surface area contributed by atoms with Gasteiger partial charge in [-0.05, 0) is 26.7 Å². The Morgan fingerprint density at radius 3 is 2.11 bits per heavy atom. The first kappa shape index (κ1) is 19.4. The van der Waals surface area contributed by atoms with Crippen LogP contribution in [0.15, 0.2) is 17.6 Å². The lowest BCUT2D eigenvalue weighted by atomic mass is 9.93. The average molecular weight is 396 g/mol. The van der Waals surface area contributed by atoms with Gasteiger partial charge in [0.2, 0.25) is 0 Å². The Morgan fingerprint density at radius 2 is 1.56 bits per heavy atom. The topological polar surface area (TPSA) is 61.7 Å². The summed E-state index contributed by atoms with van der Waals surface area (Å²) in [6.07, 6.45) is 10.1. The van der Waals surface area contributed by atoms with Gasteiger partial charge in [0.15, 0.2) is 5.03 Å². The van der Waals surface area contributed by atoms with Crippen LogP contribution in [0.3, 0.4) is 0 Å². The van der Waals surface area contributed by atoms with E-state index in [1.165, 1.54) is 32.1 Å². The molecule has 3 heterocycles. The Hall–Kier alpha value is -0.960. The minimum atomic E-state index is -3.45. The normalized spacial score (nSPS) is 25.1. The van der Waals surface area contributed by atoms with Crippen LogP contribution in [-0.2, 0) is 10.0 Å². The summed E-state index contributed by atoms with van der Waals surface area (Å²) in [4.78, 5) is 9.28. The molecule has 1 saturated carbocycles. The van der Waals surface area contributed by atoms with Crippen LogP contribution in [0, 0.1) is 0 Å². The smallest absolute Gasteiger partial charge is 0.262 e. The van der Waals surface area contributed by atoms with Gasteiger partial charge in [0.1, 0.15) is 0 Å². The number of piperazine rings is 1. The summed E-state index contributed by atoms with van der Waals surface area (Å²) in [6.45, 7) is 9.63. The number of imidazole rings is 1. The van der Waals surface area contributed by atoms with Crippen molar-refractivity contribution in [2.45, 2.75) is 69.1 Å². The number of aromatic nitrogens is 2. The van der Waals surface area contributed by atoms with Gasteiger partial charge in [-0.15, -0.1) is 0 Å². The van der Waals surface area contributed by atoms with Gasteiger partial charge in [-0.25, -0.2) is 13.4 Å². The molecule has 2 saturated heterocycles. The third-order valence-electron chi connectivity index (χ3n) is 6.56. The predicted octanol–water partition coefficient (Wildman–Crippen LogP) is 1.79. The molecule has 0 bridgehead atoms. The summed E-state index contributed by atoms with van der Waals surface area (Å²) in [5.41, 5.74) is 0. The molecule has 0 radical (unpaired) electrons. The third-order valence-corrected chi connectivity index (χ3v) is 8.28. The van der Waals surface area contributed by atoms with Crippen LogP contribution < -0.4 is 0 Å². The Labute approximate surface area is 163 Å². The molecule has 0 N–H and O–H groups in total. The number of hydrogen-bond acceptors (Lipinski definition) is 5. The van der Waals surface area contributed by atoms with Gasteiger partial charge >= 0.3 is 0 Å². The van der Waals surface area contributed by atoms with Crippen molar-refractivity contribution < 1.29 is 8.42 Å². The van der Waals surface area contributed by atoms with Gasteiger partial charge in [-0.1, -0.05) is 19.3 Å². The first-order chi connectivity index (χ1) is 12.9. The maximum atomic E-state index is 12.8. The molecular formula is C19H33N5O2S. The lowest BCUT2D eigenvalue weighted by Crippen LogP contribution is -2.64. The van der Waals surface area contributed by atoms with E-state index in [-0.39, 0.29) is 11.1 Å². The Bertz CT molecular complexity index is 727. The molecule has 0 spiro atoms. The van der Waals surface area contributed by atoms with Crippen LogP contribution in [-0.4, -0.2) is 83.4 Å². The molecule has 27 heavy (non-hydrogen) atoms. The number of rotatable bonds is 5. The highest BCUT2D eigenvalue weighted by atomic mass is 32.2. The minimum absolute atomic E-state index is 0.178. The summed E-state index contributed by atoms with van der Waals surface area (Å²) in [6, 6.07) is 1.36. The molecule has 1 aliphatic carbocycles. The lowest BCUT2D eigenvalue weighted by Gasteiger charge is -2.48. The standard InChI is InChI=1S/C19H33N5O2S/c1-16(2)23-14-19(20-15-23)27(25,26)24-12-18(13-24)22-10-8-21(9-11-22)17-6-4-3-5-7-17/h14-18H,3-13H2,1-2H3. The fourth-order valence-corrected chi connectivity index (χ4v) is 6.06. The maximum absolute atomic E-state index is 12.8. The van der Waals surface area contributed by atoms with Gasteiger partial charge in [0, 0.05) is 63.6 Å². The zero-order chi connectivity index (χ0) is 19.0. The zero-order valence-electron chi connectivity index (χ0n) is 16.6. The highest BCUT2D eigenvalue weighted by molar-refractivity contribution is 7.89. The minimum Gasteiger partial charge on any atom is -0.334 e. The highest BCUT2D eigenvalue weighted by Crippen LogP contribution is 2.27. The molecule has 0 unspecified atom stereocenters. The van der Waals surface area contributed by atoms with E-state index < -0.39 is 10.0 Å². The molecule has 3 aliphatic rings. The molecule has 1 aromatic rings. The number of hydrogen-bond donors (Lipinski definition) is 0. The summed E-state index contributed by atoms with van der Waals surface area (Å²) < 4.78 is 28.9. The van der Waals surface area contributed by atoms with E-state index in [2.05, 4.69) is 14.8 Å². The summed E-state index contributed by atoms with van der Waals surface area (Å²) in [7, 11) is -3.45. The lowest BCUT2D eigenvalue weighted by molar-refractivity contribution is 0.0202. The van der Waals surface area contributed by atoms with E-state index in [9.17, 15) is 8.42 Å². The van der Waals surface area contributed by atoms with E-state index in [0.717, 1.165) is 32.2 Å². The van der Waals surface area contributed by atoms with Crippen LogP contribution in [0.5, 0.6) is 0 Å². The highest BCUT2D eigenvalue weighted by Gasteiger charge is 2.41. The second-order valence-corrected chi connectivity index (χ2v) is 10.5. The quantitative estimate of drug-likeness (QED) is 0.761. The predicted molar refractivity (Wildman–Crippen MR) is 105 cm³/mol. The molecule has 3 fully saturated rings. The van der Waals surface area contributed by atoms with Crippen LogP contribution >= 0.6 is 0 Å². The molecule has 7 nitrogen and oxygen atoms in total. The Morgan fingerprint density at radius 1 is 0.963 bits per heavy atom. The van der Waals surface area contributed by atoms with Gasteiger partial charge in [-0.3, -0.25) is 9.80 Å². The van der Waals surface area contributed by atoms with Gasteiger partial charge in [0.25, 0.3) is 10.0 Å². The molecule has 4 rings (SSSR count). The molecule has 1 aromatic heterocycles. The largest absolute Gasteiger partial charge is 0.334 e. The van der Waals surface area contributed by atoms with Crippen molar-refractivity contribution in [3.63, 3.8) is 0 Å². The SMILES string of the molecule is CC(C)n1cnc(S(=O)(=O)N2CC(N3CCN(C4CCCCC4)CC3)C2)c1. The zero-order valence-corrected chi connectivity index (χ0v) is 17.4. The summed E-state index contributed by atoms with van der Waals surface area (Å²) in [5, 5.41) is 0.178. The summed E-state index contributed by atoms with van der Waals surface area (Å²) >= 11 is 0. The second-order valence-electron chi connectivity index (χ2n) is 8.59. The molecular weight excluding hydrogens is 362 g/mol. The Balaban J connectivity index is 1.28. The van der Waals surface area contributed by atoms with Crippen LogP contribution in [0.4, 0.5) is 0 Å². The van der Waals surface area contributed by atoms with Gasteiger partial charge < -0.3 is 4.57 Å². The third kappa shape index (κ3) is 3.95. The first-order valence-corrected chi connectivity index (χ1v) is 11.9. The van der Waals surface area contributed by atoms with E-state index in [1.807, 2.05) is 18.4 Å². The molecule has 2 aliphatic heterocycles. The monoisotopic (exact) mass is 395 g/mol. The maximum Gasteiger partial charge on any atom is 0.262 e. The average Bonchev–Trinajstić information content (AvgIpc) is 3.13. The van der Waals surface area contributed by atoms with Crippen LogP contribution in [0.1, 0.15) is 52.0 Å². The van der Waals surface area contributed by atoms with Crippen molar-refractivity contribution in [2.75, 3.05) is 39.3 Å². The first-order valence-electron chi connectivity index (χ1n) is 10.5. The molecule has 0 amide bonds. The van der Waals surface area contributed by atoms with Crippen LogP contribution in [0.25, 0.3) is 0 Å². The van der Waals surface area contributed by atoms with Crippen molar-refractivity contribution in [2.24, 2.45) is 0 Å². The van der Waals surface area contributed by atoms with Gasteiger partial charge in [0.05, 0.1) is 6.33 Å². The molecule has 0 atom stereocenters. The molecule has 8 heteroatoms. The fourth-order valence-electron chi connectivity index (χ4n) is 4.62. The Kier molecular flexibility index (Phi) is 5.60. The van der Waals surface area contributed by atoms with Crippen molar-refractivity contribution in [3.05, 3.63) is 12.5 Å². The van der Waals surface area contributed by atoms with E-state index in [1.54, 1.807) is 16.8 Å². The molecule has 152 valence electrons. The number of sulfonamides is 1. The summed E-state index contributed by atoms with van der Waals surface area (Å²) in [5.74, 6) is 0. The van der Waals surface area contributed by atoms with E-state index in [4.69, 9.17) is 0 Å².